The maximum atomic E-state index is 12.9. The molecule has 1 unspecified atom stereocenters. The molecule has 1 aromatic heterocycles. The summed E-state index contributed by atoms with van der Waals surface area (Å²) in [5.41, 5.74) is 2.93. The molecule has 7 nitrogen and oxygen atoms in total. The Balaban J connectivity index is 1.61. The van der Waals surface area contributed by atoms with Gasteiger partial charge in [0.2, 0.25) is 0 Å². The van der Waals surface area contributed by atoms with Crippen molar-refractivity contribution >= 4 is 21.8 Å². The summed E-state index contributed by atoms with van der Waals surface area (Å²) in [7, 11) is -3.98. The number of rotatable bonds is 10. The minimum absolute atomic E-state index is 0.0464. The molecule has 0 saturated heterocycles. The molecule has 0 aliphatic rings. The number of nitrogens with zero attached hydrogens (tertiary/aromatic N) is 2. The molecule has 0 bridgehead atoms. The first-order chi connectivity index (χ1) is 18.0. The fourth-order valence-electron chi connectivity index (χ4n) is 3.62. The van der Waals surface area contributed by atoms with E-state index in [4.69, 9.17) is 13.9 Å². The van der Waals surface area contributed by atoms with E-state index >= 15 is 0 Å². The van der Waals surface area contributed by atoms with Crippen LogP contribution < -0.4 is 4.18 Å². The van der Waals surface area contributed by atoms with E-state index in [1.807, 2.05) is 60.7 Å². The average Bonchev–Trinajstić information content (AvgIpc) is 2.93. The molecule has 0 spiro atoms. The van der Waals surface area contributed by atoms with Crippen LogP contribution in [0.3, 0.4) is 0 Å². The van der Waals surface area contributed by atoms with Gasteiger partial charge in [-0.05, 0) is 31.2 Å². The predicted molar refractivity (Wildman–Crippen MR) is 141 cm³/mol. The zero-order valence-corrected chi connectivity index (χ0v) is 21.0. The van der Waals surface area contributed by atoms with Crippen LogP contribution in [0.5, 0.6) is 5.75 Å². The molecule has 4 rings (SSSR count). The molecule has 8 heteroatoms. The molecule has 37 heavy (non-hydrogen) atoms. The van der Waals surface area contributed by atoms with Gasteiger partial charge < -0.3 is 8.92 Å². The van der Waals surface area contributed by atoms with E-state index in [1.165, 1.54) is 24.4 Å². The van der Waals surface area contributed by atoms with Gasteiger partial charge in [0.05, 0.1) is 18.5 Å². The molecule has 1 atom stereocenters. The van der Waals surface area contributed by atoms with E-state index in [0.29, 0.717) is 11.4 Å². The standard InChI is InChI=1S/C29H26N2O5S/c1-2-35-29(32)27(31-28(22-12-6-3-7-13-22)23-14-8-4-9-15-23)20-24-18-19-25(21-30-24)36-37(33,34)26-16-10-5-11-17-26/h3-19,21,27H,2,20H2,1H3. The average molecular weight is 515 g/mol. The van der Waals surface area contributed by atoms with Crippen molar-refractivity contribution in [2.24, 2.45) is 4.99 Å². The summed E-state index contributed by atoms with van der Waals surface area (Å²) in [5, 5.41) is 0. The summed E-state index contributed by atoms with van der Waals surface area (Å²) in [6.45, 7) is 1.96. The Morgan fingerprint density at radius 3 is 1.92 bits per heavy atom. The molecule has 4 aromatic rings. The number of carbonyl (C=O) groups is 1. The van der Waals surface area contributed by atoms with E-state index in [0.717, 1.165) is 11.1 Å². The van der Waals surface area contributed by atoms with Crippen molar-refractivity contribution in [1.82, 2.24) is 4.98 Å². The van der Waals surface area contributed by atoms with Gasteiger partial charge in [0, 0.05) is 23.2 Å². The van der Waals surface area contributed by atoms with Gasteiger partial charge in [0.15, 0.2) is 11.8 Å². The van der Waals surface area contributed by atoms with Crippen LogP contribution in [-0.4, -0.2) is 37.7 Å². The number of aromatic nitrogens is 1. The van der Waals surface area contributed by atoms with E-state index in [2.05, 4.69) is 4.98 Å². The van der Waals surface area contributed by atoms with Gasteiger partial charge in [-0.3, -0.25) is 9.98 Å². The maximum Gasteiger partial charge on any atom is 0.339 e. The van der Waals surface area contributed by atoms with Crippen molar-refractivity contribution in [2.75, 3.05) is 6.61 Å². The molecular weight excluding hydrogens is 488 g/mol. The molecule has 3 aromatic carbocycles. The summed E-state index contributed by atoms with van der Waals surface area (Å²) in [6, 6.07) is 29.4. The second kappa shape index (κ2) is 12.1. The third-order valence-corrected chi connectivity index (χ3v) is 6.64. The first kappa shape index (κ1) is 25.8. The molecule has 0 aliphatic heterocycles. The number of ether oxygens (including phenoxy) is 1. The quantitative estimate of drug-likeness (QED) is 0.170. The number of hydrogen-bond donors (Lipinski definition) is 0. The summed E-state index contributed by atoms with van der Waals surface area (Å²) in [4.78, 5) is 22.1. The minimum atomic E-state index is -3.98. The highest BCUT2D eigenvalue weighted by atomic mass is 32.2. The fraction of sp³-hybridized carbons (Fsp3) is 0.138. The molecule has 0 amide bonds. The first-order valence-electron chi connectivity index (χ1n) is 11.8. The molecule has 0 saturated carbocycles. The summed E-state index contributed by atoms with van der Waals surface area (Å²) in [6.07, 6.45) is 1.48. The Hall–Kier alpha value is -4.30. The number of esters is 1. The van der Waals surface area contributed by atoms with Crippen molar-refractivity contribution < 1.29 is 22.1 Å². The predicted octanol–water partition coefficient (Wildman–Crippen LogP) is 4.86. The van der Waals surface area contributed by atoms with Crippen LogP contribution in [0.4, 0.5) is 0 Å². The number of carbonyl (C=O) groups excluding carboxylic acids is 1. The lowest BCUT2D eigenvalue weighted by Crippen LogP contribution is -2.26. The van der Waals surface area contributed by atoms with Gasteiger partial charge in [0.25, 0.3) is 0 Å². The highest BCUT2D eigenvalue weighted by Crippen LogP contribution is 2.19. The molecule has 0 radical (unpaired) electrons. The van der Waals surface area contributed by atoms with E-state index < -0.39 is 22.1 Å². The Bertz CT molecular complexity index is 1400. The summed E-state index contributed by atoms with van der Waals surface area (Å²) < 4.78 is 35.5. The second-order valence-electron chi connectivity index (χ2n) is 8.02. The number of aliphatic imine (C=N–C) groups is 1. The maximum absolute atomic E-state index is 12.9. The monoisotopic (exact) mass is 514 g/mol. The number of benzene rings is 3. The molecule has 1 heterocycles. The zero-order valence-electron chi connectivity index (χ0n) is 20.2. The summed E-state index contributed by atoms with van der Waals surface area (Å²) in [5.74, 6) is -0.404. The third kappa shape index (κ3) is 6.89. The minimum Gasteiger partial charge on any atom is -0.464 e. The SMILES string of the molecule is CCOC(=O)C(Cc1ccc(OS(=O)(=O)c2ccccc2)cn1)N=C(c1ccccc1)c1ccccc1. The van der Waals surface area contributed by atoms with Crippen LogP contribution in [0.1, 0.15) is 23.7 Å². The van der Waals surface area contributed by atoms with Gasteiger partial charge in [-0.25, -0.2) is 4.79 Å². The molecule has 0 fully saturated rings. The highest BCUT2D eigenvalue weighted by Gasteiger charge is 2.23. The van der Waals surface area contributed by atoms with Crippen LogP contribution >= 0.6 is 0 Å². The zero-order chi connectivity index (χ0) is 26.1. The van der Waals surface area contributed by atoms with Gasteiger partial charge in [-0.1, -0.05) is 78.9 Å². The number of hydrogen-bond acceptors (Lipinski definition) is 7. The van der Waals surface area contributed by atoms with Crippen LogP contribution in [0, 0.1) is 0 Å². The molecule has 188 valence electrons. The third-order valence-electron chi connectivity index (χ3n) is 5.38. The largest absolute Gasteiger partial charge is 0.464 e. The van der Waals surface area contributed by atoms with Gasteiger partial charge >= 0.3 is 16.1 Å². The fourth-order valence-corrected chi connectivity index (χ4v) is 4.56. The Kier molecular flexibility index (Phi) is 8.43. The topological polar surface area (TPSA) is 94.9 Å². The van der Waals surface area contributed by atoms with Crippen LogP contribution in [0.15, 0.2) is 119 Å². The van der Waals surface area contributed by atoms with Crippen molar-refractivity contribution in [1.29, 1.82) is 0 Å². The normalized spacial score (nSPS) is 11.8. The van der Waals surface area contributed by atoms with E-state index in [1.54, 1.807) is 31.2 Å². The highest BCUT2D eigenvalue weighted by molar-refractivity contribution is 7.87. The second-order valence-corrected chi connectivity index (χ2v) is 9.56. The van der Waals surface area contributed by atoms with Gasteiger partial charge in [-0.15, -0.1) is 0 Å². The Morgan fingerprint density at radius 1 is 0.838 bits per heavy atom. The number of pyridine rings is 1. The van der Waals surface area contributed by atoms with Crippen molar-refractivity contribution in [3.05, 3.63) is 126 Å². The van der Waals surface area contributed by atoms with Crippen molar-refractivity contribution in [3.63, 3.8) is 0 Å². The van der Waals surface area contributed by atoms with Crippen LogP contribution in [0.25, 0.3) is 0 Å². The van der Waals surface area contributed by atoms with E-state index in [9.17, 15) is 13.2 Å². The molecular formula is C29H26N2O5S. The molecule has 0 aliphatic carbocycles. The molecule has 0 N–H and O–H groups in total. The van der Waals surface area contributed by atoms with Crippen LogP contribution in [-0.2, 0) is 26.1 Å². The van der Waals surface area contributed by atoms with Crippen LogP contribution in [0.2, 0.25) is 0 Å². The lowest BCUT2D eigenvalue weighted by atomic mass is 10.0. The summed E-state index contributed by atoms with van der Waals surface area (Å²) >= 11 is 0. The van der Waals surface area contributed by atoms with Crippen molar-refractivity contribution in [3.8, 4) is 5.75 Å². The lowest BCUT2D eigenvalue weighted by Gasteiger charge is -2.15. The Labute approximate surface area is 216 Å². The smallest absolute Gasteiger partial charge is 0.339 e. The Morgan fingerprint density at radius 2 is 1.41 bits per heavy atom. The first-order valence-corrected chi connectivity index (χ1v) is 13.2. The van der Waals surface area contributed by atoms with E-state index in [-0.39, 0.29) is 23.7 Å². The van der Waals surface area contributed by atoms with Gasteiger partial charge in [-0.2, -0.15) is 8.42 Å². The lowest BCUT2D eigenvalue weighted by molar-refractivity contribution is -0.144. The van der Waals surface area contributed by atoms with Crippen molar-refractivity contribution in [2.45, 2.75) is 24.3 Å². The van der Waals surface area contributed by atoms with Gasteiger partial charge in [0.1, 0.15) is 4.90 Å².